The summed E-state index contributed by atoms with van der Waals surface area (Å²) in [5.74, 6) is 0.0941. The van der Waals surface area contributed by atoms with Crippen LogP contribution >= 0.6 is 11.6 Å². The molecule has 0 saturated heterocycles. The number of hydrogen-bond acceptors (Lipinski definition) is 7. The van der Waals surface area contributed by atoms with Crippen LogP contribution in [0, 0.1) is 13.8 Å². The first kappa shape index (κ1) is 20.8. The van der Waals surface area contributed by atoms with Crippen molar-refractivity contribution in [1.29, 1.82) is 0 Å². The Labute approximate surface area is 180 Å². The van der Waals surface area contributed by atoms with E-state index >= 15 is 0 Å². The molecular weight excluding hydrogens is 424 g/mol. The van der Waals surface area contributed by atoms with Gasteiger partial charge >= 0.3 is 5.69 Å². The van der Waals surface area contributed by atoms with Crippen molar-refractivity contribution in [2.45, 2.75) is 26.9 Å². The summed E-state index contributed by atoms with van der Waals surface area (Å²) in [6, 6.07) is 8.03. The molecule has 0 aliphatic rings. The molecule has 1 aromatic carbocycles. The SMILES string of the molecule is Cc1ccc(Cn2nc(C)c(-c3nc(-c4cn(CCO)c(=O)[nH]c4=O)no3)c2Cl)cc1. The molecule has 3 aromatic heterocycles. The van der Waals surface area contributed by atoms with Crippen LogP contribution in [-0.2, 0) is 13.1 Å². The van der Waals surface area contributed by atoms with Gasteiger partial charge in [0, 0.05) is 6.20 Å². The van der Waals surface area contributed by atoms with Gasteiger partial charge in [-0.1, -0.05) is 46.6 Å². The van der Waals surface area contributed by atoms with E-state index in [1.807, 2.05) is 31.2 Å². The van der Waals surface area contributed by atoms with Crippen molar-refractivity contribution in [1.82, 2.24) is 29.5 Å². The number of aryl methyl sites for hydroxylation is 2. The van der Waals surface area contributed by atoms with Gasteiger partial charge in [-0.25, -0.2) is 9.48 Å². The Morgan fingerprint density at radius 1 is 1.19 bits per heavy atom. The van der Waals surface area contributed by atoms with E-state index < -0.39 is 11.2 Å². The second-order valence-corrected chi connectivity index (χ2v) is 7.39. The van der Waals surface area contributed by atoms with Gasteiger partial charge in [-0.3, -0.25) is 14.3 Å². The smallest absolute Gasteiger partial charge is 0.328 e. The number of H-pyrrole nitrogens is 1. The third kappa shape index (κ3) is 4.07. The highest BCUT2D eigenvalue weighted by atomic mass is 35.5. The van der Waals surface area contributed by atoms with Gasteiger partial charge < -0.3 is 9.63 Å². The van der Waals surface area contributed by atoms with Gasteiger partial charge in [0.15, 0.2) is 0 Å². The average Bonchev–Trinajstić information content (AvgIpc) is 3.30. The Morgan fingerprint density at radius 3 is 2.65 bits per heavy atom. The minimum atomic E-state index is -0.663. The van der Waals surface area contributed by atoms with Crippen LogP contribution in [0.25, 0.3) is 22.8 Å². The Balaban J connectivity index is 1.69. The van der Waals surface area contributed by atoms with Crippen molar-refractivity contribution in [3.63, 3.8) is 0 Å². The zero-order chi connectivity index (χ0) is 22.1. The predicted octanol–water partition coefficient (Wildman–Crippen LogP) is 1.76. The molecule has 3 heterocycles. The van der Waals surface area contributed by atoms with Gasteiger partial charge in [-0.15, -0.1) is 0 Å². The first-order valence-electron chi connectivity index (χ1n) is 9.45. The summed E-state index contributed by atoms with van der Waals surface area (Å²) in [7, 11) is 0. The lowest BCUT2D eigenvalue weighted by Crippen LogP contribution is -2.31. The van der Waals surface area contributed by atoms with Crippen molar-refractivity contribution < 1.29 is 9.63 Å². The molecule has 0 spiro atoms. The van der Waals surface area contributed by atoms with Gasteiger partial charge in [0.2, 0.25) is 5.82 Å². The number of halogens is 1. The number of aromatic nitrogens is 6. The number of rotatable bonds is 6. The fourth-order valence-corrected chi connectivity index (χ4v) is 3.46. The Hall–Kier alpha value is -3.50. The maximum atomic E-state index is 12.2. The summed E-state index contributed by atoms with van der Waals surface area (Å²) in [6.45, 7) is 4.00. The molecule has 10 nitrogen and oxygen atoms in total. The fraction of sp³-hybridized carbons (Fsp3) is 0.250. The molecule has 160 valence electrons. The van der Waals surface area contributed by atoms with E-state index in [0.717, 1.165) is 15.7 Å². The van der Waals surface area contributed by atoms with Crippen LogP contribution in [0.4, 0.5) is 0 Å². The third-order valence-corrected chi connectivity index (χ3v) is 5.14. The van der Waals surface area contributed by atoms with E-state index in [0.29, 0.717) is 23.0 Å². The maximum absolute atomic E-state index is 12.2. The standard InChI is InChI=1S/C20H19ClN6O4/c1-11-3-5-13(6-4-11)9-27-16(21)15(12(2)24-27)19-22-17(25-31-19)14-10-26(7-8-28)20(30)23-18(14)29/h3-6,10,28H,7-9H2,1-2H3,(H,23,29,30). The van der Waals surface area contributed by atoms with Crippen LogP contribution in [-0.4, -0.2) is 41.2 Å². The van der Waals surface area contributed by atoms with Gasteiger partial charge in [-0.05, 0) is 19.4 Å². The number of aromatic amines is 1. The molecule has 2 N–H and O–H groups in total. The lowest BCUT2D eigenvalue weighted by Gasteiger charge is -2.04. The largest absolute Gasteiger partial charge is 0.395 e. The monoisotopic (exact) mass is 442 g/mol. The minimum Gasteiger partial charge on any atom is -0.395 e. The van der Waals surface area contributed by atoms with E-state index in [1.165, 1.54) is 6.20 Å². The predicted molar refractivity (Wildman–Crippen MR) is 113 cm³/mol. The molecule has 0 saturated carbocycles. The van der Waals surface area contributed by atoms with Crippen LogP contribution in [0.2, 0.25) is 5.15 Å². The molecule has 0 fully saturated rings. The lowest BCUT2D eigenvalue weighted by atomic mass is 10.1. The van der Waals surface area contributed by atoms with Crippen molar-refractivity contribution in [2.75, 3.05) is 6.61 Å². The van der Waals surface area contributed by atoms with Crippen molar-refractivity contribution >= 4 is 11.6 Å². The highest BCUT2D eigenvalue weighted by Gasteiger charge is 2.22. The number of nitrogens with one attached hydrogen (secondary N) is 1. The third-order valence-electron chi connectivity index (χ3n) is 4.75. The first-order chi connectivity index (χ1) is 14.9. The molecule has 0 aliphatic heterocycles. The molecule has 0 bridgehead atoms. The Morgan fingerprint density at radius 2 is 1.94 bits per heavy atom. The highest BCUT2D eigenvalue weighted by Crippen LogP contribution is 2.31. The molecule has 4 rings (SSSR count). The van der Waals surface area contributed by atoms with E-state index in [4.69, 9.17) is 21.2 Å². The summed E-state index contributed by atoms with van der Waals surface area (Å²) in [5.41, 5.74) is 1.98. The number of aliphatic hydroxyl groups excluding tert-OH is 1. The van der Waals surface area contributed by atoms with E-state index in [-0.39, 0.29) is 30.4 Å². The van der Waals surface area contributed by atoms with E-state index in [9.17, 15) is 9.59 Å². The molecule has 0 amide bonds. The van der Waals surface area contributed by atoms with Crippen LogP contribution in [0.3, 0.4) is 0 Å². The van der Waals surface area contributed by atoms with Crippen LogP contribution in [0.1, 0.15) is 16.8 Å². The Bertz CT molecular complexity index is 1350. The Kier molecular flexibility index (Phi) is 5.57. The van der Waals surface area contributed by atoms with E-state index in [2.05, 4.69) is 20.2 Å². The maximum Gasteiger partial charge on any atom is 0.328 e. The molecule has 0 atom stereocenters. The molecule has 4 aromatic rings. The van der Waals surface area contributed by atoms with Crippen LogP contribution < -0.4 is 11.2 Å². The summed E-state index contributed by atoms with van der Waals surface area (Å²) in [6.07, 6.45) is 1.28. The number of hydrogen-bond donors (Lipinski definition) is 2. The summed E-state index contributed by atoms with van der Waals surface area (Å²) < 4.78 is 8.13. The van der Waals surface area contributed by atoms with Gasteiger partial charge in [0.05, 0.1) is 31.0 Å². The number of nitrogens with zero attached hydrogens (tertiary/aromatic N) is 5. The molecule has 0 aliphatic carbocycles. The second kappa shape index (κ2) is 8.32. The number of benzene rings is 1. The number of aliphatic hydroxyl groups is 1. The highest BCUT2D eigenvalue weighted by molar-refractivity contribution is 6.32. The molecule has 31 heavy (non-hydrogen) atoms. The van der Waals surface area contributed by atoms with Crippen LogP contribution in [0.5, 0.6) is 0 Å². The zero-order valence-electron chi connectivity index (χ0n) is 16.8. The lowest BCUT2D eigenvalue weighted by molar-refractivity contribution is 0.273. The fourth-order valence-electron chi connectivity index (χ4n) is 3.14. The van der Waals surface area contributed by atoms with Gasteiger partial charge in [0.25, 0.3) is 11.4 Å². The average molecular weight is 443 g/mol. The summed E-state index contributed by atoms with van der Waals surface area (Å²) in [5, 5.41) is 17.7. The van der Waals surface area contributed by atoms with Crippen molar-refractivity contribution in [3.05, 3.63) is 73.3 Å². The van der Waals surface area contributed by atoms with Crippen molar-refractivity contribution in [3.8, 4) is 22.8 Å². The van der Waals surface area contributed by atoms with Crippen molar-refractivity contribution in [2.24, 2.45) is 0 Å². The zero-order valence-corrected chi connectivity index (χ0v) is 17.5. The first-order valence-corrected chi connectivity index (χ1v) is 9.82. The molecular formula is C20H19ClN6O4. The molecule has 0 unspecified atom stereocenters. The molecule has 0 radical (unpaired) electrons. The topological polar surface area (TPSA) is 132 Å². The second-order valence-electron chi connectivity index (χ2n) is 7.04. The quantitative estimate of drug-likeness (QED) is 0.465. The minimum absolute atomic E-state index is 0.00955. The summed E-state index contributed by atoms with van der Waals surface area (Å²) in [4.78, 5) is 30.5. The van der Waals surface area contributed by atoms with Gasteiger partial charge in [-0.2, -0.15) is 10.1 Å². The van der Waals surface area contributed by atoms with E-state index in [1.54, 1.807) is 11.6 Å². The van der Waals surface area contributed by atoms with Gasteiger partial charge in [0.1, 0.15) is 10.7 Å². The van der Waals surface area contributed by atoms with Crippen LogP contribution in [0.15, 0.2) is 44.6 Å². The normalized spacial score (nSPS) is 11.2. The summed E-state index contributed by atoms with van der Waals surface area (Å²) >= 11 is 6.55. The molecule has 11 heteroatoms.